The maximum atomic E-state index is 12.4. The third-order valence-corrected chi connectivity index (χ3v) is 3.43. The Bertz CT molecular complexity index is 735. The Morgan fingerprint density at radius 2 is 2.04 bits per heavy atom. The molecule has 0 amide bonds. The summed E-state index contributed by atoms with van der Waals surface area (Å²) < 4.78 is 36.4. The Morgan fingerprint density at radius 3 is 2.65 bits per heavy atom. The molecule has 0 spiro atoms. The number of aryl methyl sites for hydroxylation is 1. The van der Waals surface area contributed by atoms with Gasteiger partial charge < -0.3 is 20.1 Å². The van der Waals surface area contributed by atoms with E-state index in [1.54, 1.807) is 37.8 Å². The van der Waals surface area contributed by atoms with E-state index in [4.69, 9.17) is 4.74 Å². The summed E-state index contributed by atoms with van der Waals surface area (Å²) in [6, 6.07) is 4.80. The molecule has 1 aromatic carbocycles. The van der Waals surface area contributed by atoms with Crippen LogP contribution in [-0.4, -0.2) is 41.0 Å². The first-order chi connectivity index (χ1) is 12.5. The summed E-state index contributed by atoms with van der Waals surface area (Å²) in [6.45, 7) is 0.101. The van der Waals surface area contributed by atoms with E-state index in [1.807, 2.05) is 0 Å². The highest BCUT2D eigenvalue weighted by Gasteiger charge is 2.12. The molecule has 2 aromatic rings. The summed E-state index contributed by atoms with van der Waals surface area (Å²) >= 11 is 0. The van der Waals surface area contributed by atoms with Crippen molar-refractivity contribution in [2.75, 3.05) is 13.7 Å². The molecule has 8 nitrogen and oxygen atoms in total. The molecule has 0 aliphatic carbocycles. The van der Waals surface area contributed by atoms with Crippen LogP contribution >= 0.6 is 0 Å². The van der Waals surface area contributed by atoms with Crippen molar-refractivity contribution in [3.8, 4) is 11.5 Å². The quantitative estimate of drug-likeness (QED) is 0.545. The molecule has 0 aliphatic heterocycles. The Hall–Kier alpha value is -2.91. The predicted molar refractivity (Wildman–Crippen MR) is 92.3 cm³/mol. The van der Waals surface area contributed by atoms with E-state index in [9.17, 15) is 8.78 Å². The van der Waals surface area contributed by atoms with Gasteiger partial charge in [-0.05, 0) is 24.6 Å². The van der Waals surface area contributed by atoms with Crippen LogP contribution in [0.2, 0.25) is 0 Å². The van der Waals surface area contributed by atoms with Gasteiger partial charge in [-0.25, -0.2) is 4.98 Å². The number of ether oxygens (including phenoxy) is 2. The summed E-state index contributed by atoms with van der Waals surface area (Å²) in [4.78, 5) is 8.25. The first-order valence-corrected chi connectivity index (χ1v) is 8.01. The number of hydrogen-bond acceptors (Lipinski definition) is 5. The van der Waals surface area contributed by atoms with Gasteiger partial charge in [0.15, 0.2) is 17.5 Å². The van der Waals surface area contributed by atoms with Gasteiger partial charge in [0.2, 0.25) is 0 Å². The van der Waals surface area contributed by atoms with Crippen molar-refractivity contribution in [3.63, 3.8) is 0 Å². The van der Waals surface area contributed by atoms with Gasteiger partial charge in [0.05, 0.1) is 13.2 Å². The van der Waals surface area contributed by atoms with E-state index in [0.717, 1.165) is 11.4 Å². The highest BCUT2D eigenvalue weighted by molar-refractivity contribution is 5.79. The van der Waals surface area contributed by atoms with Crippen LogP contribution < -0.4 is 20.1 Å². The van der Waals surface area contributed by atoms with Crippen molar-refractivity contribution < 1.29 is 18.3 Å². The first kappa shape index (κ1) is 19.4. The van der Waals surface area contributed by atoms with E-state index in [0.29, 0.717) is 25.7 Å². The minimum atomic E-state index is -2.90. The number of aliphatic imine (C=N–C) groups is 1. The summed E-state index contributed by atoms with van der Waals surface area (Å²) in [7, 11) is 3.45. The van der Waals surface area contributed by atoms with Crippen LogP contribution in [0.4, 0.5) is 8.78 Å². The van der Waals surface area contributed by atoms with E-state index >= 15 is 0 Å². The van der Waals surface area contributed by atoms with E-state index in [-0.39, 0.29) is 11.5 Å². The number of nitrogens with zero attached hydrogens (tertiary/aromatic N) is 4. The molecule has 2 rings (SSSR count). The molecule has 2 N–H and O–H groups in total. The van der Waals surface area contributed by atoms with Crippen LogP contribution in [0, 0.1) is 0 Å². The van der Waals surface area contributed by atoms with Crippen LogP contribution in [-0.2, 0) is 20.1 Å². The van der Waals surface area contributed by atoms with Crippen LogP contribution in [0.15, 0.2) is 29.5 Å². The minimum absolute atomic E-state index is 0.00962. The van der Waals surface area contributed by atoms with Crippen LogP contribution in [0.5, 0.6) is 11.5 Å². The number of guanidine groups is 1. The summed E-state index contributed by atoms with van der Waals surface area (Å²) in [5, 5.41) is 10.3. The number of hydrogen-bond donors (Lipinski definition) is 2. The normalized spacial score (nSPS) is 11.5. The molecule has 26 heavy (non-hydrogen) atoms. The van der Waals surface area contributed by atoms with Crippen LogP contribution in [0.25, 0.3) is 0 Å². The standard InChI is InChI=1S/C16H22F2N6O2/c1-4-25-13-7-11(5-6-12(13)26-15(17)18)8-20-16(19-2)21-9-14-22-10-23-24(14)3/h5-7,10,15H,4,8-9H2,1-3H3,(H2,19,20,21). The second kappa shape index (κ2) is 9.54. The topological polar surface area (TPSA) is 85.6 Å². The molecule has 0 atom stereocenters. The Morgan fingerprint density at radius 1 is 1.27 bits per heavy atom. The Labute approximate surface area is 150 Å². The zero-order valence-electron chi connectivity index (χ0n) is 14.9. The molecule has 0 saturated heterocycles. The minimum Gasteiger partial charge on any atom is -0.490 e. The molecular weight excluding hydrogens is 346 g/mol. The zero-order valence-corrected chi connectivity index (χ0v) is 14.9. The lowest BCUT2D eigenvalue weighted by Gasteiger charge is -2.14. The molecule has 1 heterocycles. The van der Waals surface area contributed by atoms with Crippen LogP contribution in [0.1, 0.15) is 18.3 Å². The average Bonchev–Trinajstić information content (AvgIpc) is 3.02. The maximum absolute atomic E-state index is 12.4. The summed E-state index contributed by atoms with van der Waals surface area (Å²) in [5.41, 5.74) is 0.830. The highest BCUT2D eigenvalue weighted by atomic mass is 19.3. The van der Waals surface area contributed by atoms with Crippen molar-refractivity contribution in [1.82, 2.24) is 25.4 Å². The van der Waals surface area contributed by atoms with Gasteiger partial charge in [0, 0.05) is 20.6 Å². The van der Waals surface area contributed by atoms with Gasteiger partial charge in [-0.2, -0.15) is 13.9 Å². The highest BCUT2D eigenvalue weighted by Crippen LogP contribution is 2.29. The number of nitrogens with one attached hydrogen (secondary N) is 2. The molecule has 0 fully saturated rings. The van der Waals surface area contributed by atoms with Gasteiger partial charge in [-0.3, -0.25) is 9.67 Å². The fourth-order valence-electron chi connectivity index (χ4n) is 2.17. The molecule has 10 heteroatoms. The largest absolute Gasteiger partial charge is 0.490 e. The lowest BCUT2D eigenvalue weighted by molar-refractivity contribution is -0.0514. The molecule has 0 aliphatic rings. The average molecular weight is 368 g/mol. The SMILES string of the molecule is CCOc1cc(CNC(=NC)NCc2ncnn2C)ccc1OC(F)F. The Kier molecular flexibility index (Phi) is 7.12. The van der Waals surface area contributed by atoms with Crippen LogP contribution in [0.3, 0.4) is 0 Å². The molecule has 142 valence electrons. The molecule has 0 unspecified atom stereocenters. The zero-order chi connectivity index (χ0) is 18.9. The number of halogens is 2. The van der Waals surface area contributed by atoms with Crippen molar-refractivity contribution >= 4 is 5.96 Å². The van der Waals surface area contributed by atoms with Gasteiger partial charge in [0.1, 0.15) is 12.2 Å². The molecule has 0 bridgehead atoms. The second-order valence-corrected chi connectivity index (χ2v) is 5.17. The molecule has 0 radical (unpaired) electrons. The second-order valence-electron chi connectivity index (χ2n) is 5.17. The number of rotatable bonds is 8. The van der Waals surface area contributed by atoms with Gasteiger partial charge in [-0.15, -0.1) is 0 Å². The van der Waals surface area contributed by atoms with Gasteiger partial charge in [-0.1, -0.05) is 6.07 Å². The van der Waals surface area contributed by atoms with Gasteiger partial charge in [0.25, 0.3) is 0 Å². The van der Waals surface area contributed by atoms with Crippen molar-refractivity contribution in [2.24, 2.45) is 12.0 Å². The third kappa shape index (κ3) is 5.57. The number of benzene rings is 1. The van der Waals surface area contributed by atoms with Gasteiger partial charge >= 0.3 is 6.61 Å². The fourth-order valence-corrected chi connectivity index (χ4v) is 2.17. The molecular formula is C16H22F2N6O2. The Balaban J connectivity index is 1.96. The van der Waals surface area contributed by atoms with Crippen molar-refractivity contribution in [2.45, 2.75) is 26.6 Å². The molecule has 1 aromatic heterocycles. The maximum Gasteiger partial charge on any atom is 0.387 e. The predicted octanol–water partition coefficient (Wildman–Crippen LogP) is 1.68. The smallest absolute Gasteiger partial charge is 0.387 e. The summed E-state index contributed by atoms with van der Waals surface area (Å²) in [6.07, 6.45) is 1.48. The molecule has 0 saturated carbocycles. The lowest BCUT2D eigenvalue weighted by Crippen LogP contribution is -2.36. The number of aromatic nitrogens is 3. The van der Waals surface area contributed by atoms with E-state index < -0.39 is 6.61 Å². The summed E-state index contributed by atoms with van der Waals surface area (Å²) in [5.74, 6) is 1.61. The van der Waals surface area contributed by atoms with Crippen molar-refractivity contribution in [1.29, 1.82) is 0 Å². The van der Waals surface area contributed by atoms with Crippen molar-refractivity contribution in [3.05, 3.63) is 35.9 Å². The van der Waals surface area contributed by atoms with E-state index in [2.05, 4.69) is 30.4 Å². The van der Waals surface area contributed by atoms with E-state index in [1.165, 1.54) is 12.4 Å². The number of alkyl halides is 2. The fraction of sp³-hybridized carbons (Fsp3) is 0.438. The first-order valence-electron chi connectivity index (χ1n) is 8.01. The monoisotopic (exact) mass is 368 g/mol. The lowest BCUT2D eigenvalue weighted by atomic mass is 10.2. The third-order valence-electron chi connectivity index (χ3n) is 3.43.